The van der Waals surface area contributed by atoms with E-state index in [0.29, 0.717) is 23.5 Å². The molecule has 2 aromatic rings. The minimum absolute atomic E-state index is 0.177. The highest BCUT2D eigenvalue weighted by molar-refractivity contribution is 7.92. The van der Waals surface area contributed by atoms with Crippen LogP contribution in [0.3, 0.4) is 0 Å². The third kappa shape index (κ3) is 8.55. The van der Waals surface area contributed by atoms with Crippen molar-refractivity contribution in [3.63, 3.8) is 0 Å². The molecule has 0 spiro atoms. The molecular formula is C28H30N4O8S. The van der Waals surface area contributed by atoms with Crippen molar-refractivity contribution in [2.24, 2.45) is 0 Å². The lowest BCUT2D eigenvalue weighted by atomic mass is 10.1. The standard InChI is InChI=1S/C28H30N4O8S/c1-2-3-16-40-19-11-13-20(14-12-19)41(39)23(26(35)31-38)10-6-7-15-29-24(33)17-30-25(34)18-32-27(36)21-8-4-5-9-22(21)28(32)37/h4-5,8-9,11-14,23,38H,6-7,10,15-18H2,1H3,(H,29,33)(H,30,34)(H,31,35). The second kappa shape index (κ2) is 15.4. The van der Waals surface area contributed by atoms with E-state index in [1.807, 2.05) is 0 Å². The Labute approximate surface area is 239 Å². The molecule has 1 aliphatic heterocycles. The number of rotatable bonds is 14. The lowest BCUT2D eigenvalue weighted by Crippen LogP contribution is -2.44. The number of imide groups is 1. The van der Waals surface area contributed by atoms with Crippen molar-refractivity contribution < 1.29 is 38.5 Å². The van der Waals surface area contributed by atoms with Gasteiger partial charge in [0, 0.05) is 13.0 Å². The predicted molar refractivity (Wildman–Crippen MR) is 147 cm³/mol. The van der Waals surface area contributed by atoms with Gasteiger partial charge in [-0.3, -0.25) is 34.1 Å². The third-order valence-corrected chi connectivity index (χ3v) is 7.75. The number of hydroxylamine groups is 1. The molecule has 3 rings (SSSR count). The van der Waals surface area contributed by atoms with E-state index in [2.05, 4.69) is 22.5 Å². The molecule has 13 heteroatoms. The molecule has 1 aliphatic rings. The van der Waals surface area contributed by atoms with Gasteiger partial charge in [-0.2, -0.15) is 0 Å². The summed E-state index contributed by atoms with van der Waals surface area (Å²) >= 11 is -1.75. The number of fused-ring (bicyclic) bond motifs is 1. The number of carbonyl (C=O) groups excluding carboxylic acids is 5. The topological polar surface area (TPSA) is 177 Å². The zero-order valence-electron chi connectivity index (χ0n) is 22.3. The molecule has 216 valence electrons. The van der Waals surface area contributed by atoms with Crippen LogP contribution in [-0.2, 0) is 25.6 Å². The van der Waals surface area contributed by atoms with Crippen LogP contribution in [-0.4, -0.2) is 75.7 Å². The molecule has 2 aromatic carbocycles. The van der Waals surface area contributed by atoms with Crippen LogP contribution in [0, 0.1) is 11.8 Å². The molecule has 1 heterocycles. The van der Waals surface area contributed by atoms with Gasteiger partial charge in [0.25, 0.3) is 17.7 Å². The zero-order valence-corrected chi connectivity index (χ0v) is 23.1. The van der Waals surface area contributed by atoms with Gasteiger partial charge >= 0.3 is 0 Å². The molecular weight excluding hydrogens is 552 g/mol. The lowest BCUT2D eigenvalue weighted by Gasteiger charge is -2.20. The molecule has 0 bridgehead atoms. The van der Waals surface area contributed by atoms with Gasteiger partial charge in [-0.15, -0.1) is 5.92 Å². The summed E-state index contributed by atoms with van der Waals surface area (Å²) in [7, 11) is 0. The van der Waals surface area contributed by atoms with E-state index in [1.54, 1.807) is 48.8 Å². The monoisotopic (exact) mass is 582 g/mol. The van der Waals surface area contributed by atoms with Crippen LogP contribution in [0.5, 0.6) is 5.75 Å². The molecule has 0 saturated heterocycles. The molecule has 41 heavy (non-hydrogen) atoms. The second-order valence-corrected chi connectivity index (χ2v) is 10.4. The van der Waals surface area contributed by atoms with E-state index < -0.39 is 52.5 Å². The summed E-state index contributed by atoms with van der Waals surface area (Å²) in [6.45, 7) is 1.27. The van der Waals surface area contributed by atoms with Gasteiger partial charge in [-0.1, -0.05) is 18.1 Å². The Hall–Kier alpha value is -4.38. The number of amides is 5. The second-order valence-electron chi connectivity index (χ2n) is 8.81. The quantitative estimate of drug-likeness (QED) is 0.0630. The van der Waals surface area contributed by atoms with Crippen molar-refractivity contribution in [3.05, 3.63) is 59.7 Å². The van der Waals surface area contributed by atoms with E-state index >= 15 is 0 Å². The first kappa shape index (κ1) is 31.2. The number of nitrogens with one attached hydrogen (secondary N) is 3. The molecule has 12 nitrogen and oxygen atoms in total. The van der Waals surface area contributed by atoms with Crippen molar-refractivity contribution in [1.29, 1.82) is 0 Å². The Morgan fingerprint density at radius 1 is 1.00 bits per heavy atom. The van der Waals surface area contributed by atoms with Crippen molar-refractivity contribution in [1.82, 2.24) is 21.0 Å². The third-order valence-electron chi connectivity index (χ3n) is 6.05. The van der Waals surface area contributed by atoms with E-state index in [9.17, 15) is 28.5 Å². The highest BCUT2D eigenvalue weighted by Gasteiger charge is 2.36. The number of benzene rings is 2. The van der Waals surface area contributed by atoms with Gasteiger partial charge in [-0.05, 0) is 67.3 Å². The number of hydrogen-bond donors (Lipinski definition) is 4. The molecule has 5 amide bonds. The van der Waals surface area contributed by atoms with Gasteiger partial charge in [0.2, 0.25) is 17.1 Å². The number of ether oxygens (including phenoxy) is 1. The Balaban J connectivity index is 1.37. The van der Waals surface area contributed by atoms with Crippen molar-refractivity contribution in [2.75, 3.05) is 26.2 Å². The van der Waals surface area contributed by atoms with Crippen molar-refractivity contribution in [2.45, 2.75) is 36.3 Å². The minimum atomic E-state index is -1.75. The summed E-state index contributed by atoms with van der Waals surface area (Å²) in [6, 6.07) is 12.7. The van der Waals surface area contributed by atoms with E-state index in [0.717, 1.165) is 4.90 Å². The number of carbonyl (C=O) groups is 5. The summed E-state index contributed by atoms with van der Waals surface area (Å²) in [5.74, 6) is 2.94. The van der Waals surface area contributed by atoms with Crippen molar-refractivity contribution >= 4 is 40.7 Å². The van der Waals surface area contributed by atoms with Gasteiger partial charge in [0.15, 0.2) is 4.90 Å². The Morgan fingerprint density at radius 3 is 2.27 bits per heavy atom. The normalized spacial score (nSPS) is 13.4. The molecule has 0 fully saturated rings. The van der Waals surface area contributed by atoms with Gasteiger partial charge in [0.1, 0.15) is 18.9 Å². The highest BCUT2D eigenvalue weighted by Crippen LogP contribution is 2.23. The van der Waals surface area contributed by atoms with Crippen LogP contribution in [0.2, 0.25) is 0 Å². The van der Waals surface area contributed by atoms with Crippen LogP contribution >= 0.6 is 0 Å². The van der Waals surface area contributed by atoms with Crippen LogP contribution in [0.25, 0.3) is 0 Å². The molecule has 2 atom stereocenters. The Kier molecular flexibility index (Phi) is 11.7. The average Bonchev–Trinajstić information content (AvgIpc) is 3.22. The Bertz CT molecular complexity index is 1300. The Morgan fingerprint density at radius 2 is 1.66 bits per heavy atom. The first-order valence-corrected chi connectivity index (χ1v) is 13.9. The fraction of sp³-hybridized carbons (Fsp3) is 0.321. The van der Waals surface area contributed by atoms with Gasteiger partial charge in [0.05, 0.1) is 17.7 Å². The summed E-state index contributed by atoms with van der Waals surface area (Å²) in [5.41, 5.74) is 2.01. The average molecular weight is 583 g/mol. The lowest BCUT2D eigenvalue weighted by molar-refractivity contribution is -0.129. The molecule has 0 saturated carbocycles. The van der Waals surface area contributed by atoms with E-state index in [1.165, 1.54) is 12.1 Å². The SMILES string of the molecule is CC#CCOc1ccc([S+]([O-])C(CCCCNC(=O)CNC(=O)CN2C(=O)c3ccccc3C2=O)C(=O)NO)cc1. The first-order chi connectivity index (χ1) is 19.8. The maximum absolute atomic E-state index is 13.0. The van der Waals surface area contributed by atoms with Gasteiger partial charge in [-0.25, -0.2) is 5.48 Å². The summed E-state index contributed by atoms with van der Waals surface area (Å²) in [5, 5.41) is 13.1. The largest absolute Gasteiger partial charge is 0.611 e. The maximum atomic E-state index is 13.0. The fourth-order valence-electron chi connectivity index (χ4n) is 3.94. The van der Waals surface area contributed by atoms with Crippen LogP contribution < -0.4 is 20.9 Å². The van der Waals surface area contributed by atoms with Crippen LogP contribution in [0.4, 0.5) is 0 Å². The van der Waals surface area contributed by atoms with Gasteiger partial charge < -0.3 is 19.9 Å². The minimum Gasteiger partial charge on any atom is -0.611 e. The summed E-state index contributed by atoms with van der Waals surface area (Å²) in [6.07, 6.45) is 1.02. The molecule has 2 unspecified atom stereocenters. The zero-order chi connectivity index (χ0) is 29.8. The number of unbranched alkanes of at least 4 members (excludes halogenated alkanes) is 1. The fourth-order valence-corrected chi connectivity index (χ4v) is 5.30. The molecule has 4 N–H and O–H groups in total. The van der Waals surface area contributed by atoms with Crippen molar-refractivity contribution in [3.8, 4) is 17.6 Å². The molecule has 0 radical (unpaired) electrons. The predicted octanol–water partition coefficient (Wildman–Crippen LogP) is 0.769. The smallest absolute Gasteiger partial charge is 0.296 e. The first-order valence-electron chi connectivity index (χ1n) is 12.7. The van der Waals surface area contributed by atoms with E-state index in [-0.39, 0.29) is 37.2 Å². The number of nitrogens with zero attached hydrogens (tertiary/aromatic N) is 1. The molecule has 0 aromatic heterocycles. The van der Waals surface area contributed by atoms with E-state index in [4.69, 9.17) is 9.94 Å². The maximum Gasteiger partial charge on any atom is 0.296 e. The summed E-state index contributed by atoms with van der Waals surface area (Å²) < 4.78 is 18.4. The number of hydrogen-bond acceptors (Lipinski definition) is 8. The highest BCUT2D eigenvalue weighted by atomic mass is 32.2. The van der Waals surface area contributed by atoms with Crippen LogP contribution in [0.15, 0.2) is 53.4 Å². The van der Waals surface area contributed by atoms with Crippen LogP contribution in [0.1, 0.15) is 46.9 Å². The summed E-state index contributed by atoms with van der Waals surface area (Å²) in [4.78, 5) is 62.4. The molecule has 0 aliphatic carbocycles.